The van der Waals surface area contributed by atoms with Crippen LogP contribution in [0.25, 0.3) is 0 Å². The van der Waals surface area contributed by atoms with Gasteiger partial charge in [0.15, 0.2) is 0 Å². The van der Waals surface area contributed by atoms with Crippen molar-refractivity contribution in [1.82, 2.24) is 15.1 Å². The molecule has 1 unspecified atom stereocenters. The lowest BCUT2D eigenvalue weighted by molar-refractivity contribution is -0.386. The van der Waals surface area contributed by atoms with Gasteiger partial charge in [0.25, 0.3) is 0 Å². The van der Waals surface area contributed by atoms with Crippen LogP contribution in [-0.4, -0.2) is 32.7 Å². The minimum atomic E-state index is -0.442. The highest BCUT2D eigenvalue weighted by molar-refractivity contribution is 5.85. The fraction of sp³-hybridized carbons (Fsp3) is 0.733. The van der Waals surface area contributed by atoms with Gasteiger partial charge in [0, 0.05) is 18.5 Å². The lowest BCUT2D eigenvalue weighted by Crippen LogP contribution is -2.52. The van der Waals surface area contributed by atoms with Crippen molar-refractivity contribution in [2.75, 3.05) is 6.54 Å². The highest BCUT2D eigenvalue weighted by Gasteiger charge is 2.26. The Bertz CT molecular complexity index is 588. The molecular weight excluding hydrogens is 334 g/mol. The summed E-state index contributed by atoms with van der Waals surface area (Å²) in [6.07, 6.45) is 0.993. The van der Waals surface area contributed by atoms with Gasteiger partial charge in [0.05, 0.1) is 11.5 Å². The number of nitro groups is 1. The predicted molar refractivity (Wildman–Crippen MR) is 95.3 cm³/mol. The Morgan fingerprint density at radius 2 is 2.04 bits per heavy atom. The summed E-state index contributed by atoms with van der Waals surface area (Å²) in [5.41, 5.74) is 6.18. The molecule has 1 amide bonds. The molecule has 0 saturated carbocycles. The van der Waals surface area contributed by atoms with E-state index < -0.39 is 10.5 Å². The maximum Gasteiger partial charge on any atom is 0.312 e. The Balaban J connectivity index is 0.00000529. The molecule has 0 spiro atoms. The van der Waals surface area contributed by atoms with Crippen LogP contribution in [0.3, 0.4) is 0 Å². The third-order valence-electron chi connectivity index (χ3n) is 3.83. The molecule has 0 bridgehead atoms. The molecule has 24 heavy (non-hydrogen) atoms. The Hall–Kier alpha value is -1.67. The van der Waals surface area contributed by atoms with Gasteiger partial charge in [-0.05, 0) is 33.1 Å². The monoisotopic (exact) mass is 361 g/mol. The lowest BCUT2D eigenvalue weighted by atomic mass is 9.90. The second kappa shape index (κ2) is 8.98. The molecule has 0 aliphatic rings. The van der Waals surface area contributed by atoms with Crippen LogP contribution in [0.4, 0.5) is 5.69 Å². The van der Waals surface area contributed by atoms with Crippen molar-refractivity contribution in [1.29, 1.82) is 0 Å². The normalized spacial score (nSPS) is 13.3. The smallest absolute Gasteiger partial charge is 0.312 e. The highest BCUT2D eigenvalue weighted by Crippen LogP contribution is 2.22. The Labute approximate surface area is 148 Å². The summed E-state index contributed by atoms with van der Waals surface area (Å²) in [7, 11) is 0. The summed E-state index contributed by atoms with van der Waals surface area (Å²) in [6, 6.07) is 0. The van der Waals surface area contributed by atoms with Crippen molar-refractivity contribution in [3.05, 3.63) is 21.5 Å². The van der Waals surface area contributed by atoms with E-state index in [4.69, 9.17) is 5.73 Å². The van der Waals surface area contributed by atoms with E-state index in [1.54, 1.807) is 13.8 Å². The van der Waals surface area contributed by atoms with Crippen LogP contribution in [0.15, 0.2) is 0 Å². The molecule has 1 aromatic heterocycles. The van der Waals surface area contributed by atoms with Gasteiger partial charge >= 0.3 is 5.69 Å². The van der Waals surface area contributed by atoms with Gasteiger partial charge in [0.2, 0.25) is 5.91 Å². The molecular formula is C15H28ClN5O3. The highest BCUT2D eigenvalue weighted by atomic mass is 35.5. The first kappa shape index (κ1) is 22.3. The molecule has 1 aromatic rings. The Kier molecular flexibility index (Phi) is 8.36. The third-order valence-corrected chi connectivity index (χ3v) is 3.83. The lowest BCUT2D eigenvalue weighted by Gasteiger charge is -2.31. The van der Waals surface area contributed by atoms with E-state index in [0.29, 0.717) is 30.4 Å². The van der Waals surface area contributed by atoms with Crippen LogP contribution in [0, 0.1) is 29.9 Å². The first-order valence-electron chi connectivity index (χ1n) is 7.79. The van der Waals surface area contributed by atoms with Crippen LogP contribution < -0.4 is 11.1 Å². The number of nitrogens with zero attached hydrogens (tertiary/aromatic N) is 3. The van der Waals surface area contributed by atoms with Crippen molar-refractivity contribution in [3.63, 3.8) is 0 Å². The Morgan fingerprint density at radius 1 is 1.46 bits per heavy atom. The molecule has 0 aliphatic carbocycles. The number of halogens is 1. The van der Waals surface area contributed by atoms with Crippen LogP contribution >= 0.6 is 12.4 Å². The average Bonchev–Trinajstić information content (AvgIpc) is 2.70. The molecule has 8 nitrogen and oxygen atoms in total. The van der Waals surface area contributed by atoms with Crippen LogP contribution in [0.2, 0.25) is 0 Å². The second-order valence-corrected chi connectivity index (χ2v) is 6.66. The van der Waals surface area contributed by atoms with Crippen LogP contribution in [0.1, 0.15) is 45.0 Å². The Morgan fingerprint density at radius 3 is 2.46 bits per heavy atom. The number of hydrogen-bond acceptors (Lipinski definition) is 5. The molecule has 3 N–H and O–H groups in total. The van der Waals surface area contributed by atoms with Gasteiger partial charge in [-0.3, -0.25) is 19.6 Å². The predicted octanol–water partition coefficient (Wildman–Crippen LogP) is 2.10. The first-order chi connectivity index (χ1) is 10.6. The van der Waals surface area contributed by atoms with Gasteiger partial charge in [-0.15, -0.1) is 12.4 Å². The topological polar surface area (TPSA) is 116 Å². The number of amides is 1. The molecule has 0 fully saturated rings. The van der Waals surface area contributed by atoms with Gasteiger partial charge in [0.1, 0.15) is 11.4 Å². The van der Waals surface area contributed by atoms with Gasteiger partial charge in [-0.1, -0.05) is 13.8 Å². The number of aryl methyl sites for hydroxylation is 2. The molecule has 0 aliphatic heterocycles. The van der Waals surface area contributed by atoms with Crippen molar-refractivity contribution < 1.29 is 9.72 Å². The number of hydrogen-bond donors (Lipinski definition) is 2. The van der Waals surface area contributed by atoms with E-state index in [1.807, 2.05) is 6.92 Å². The van der Waals surface area contributed by atoms with Crippen molar-refractivity contribution in [2.24, 2.45) is 11.7 Å². The van der Waals surface area contributed by atoms with Gasteiger partial charge in [-0.25, -0.2) is 0 Å². The zero-order chi connectivity index (χ0) is 17.8. The minimum absolute atomic E-state index is 0. The fourth-order valence-corrected chi connectivity index (χ4v) is 2.86. The summed E-state index contributed by atoms with van der Waals surface area (Å²) in [6.45, 7) is 9.98. The molecule has 1 rings (SSSR count). The third kappa shape index (κ3) is 5.76. The molecule has 138 valence electrons. The quantitative estimate of drug-likeness (QED) is 0.543. The molecule has 0 aromatic carbocycles. The minimum Gasteiger partial charge on any atom is -0.350 e. The maximum atomic E-state index is 12.2. The van der Waals surface area contributed by atoms with E-state index in [1.165, 1.54) is 4.68 Å². The number of nitrogens with two attached hydrogens (primary N) is 1. The van der Waals surface area contributed by atoms with Gasteiger partial charge < -0.3 is 11.1 Å². The number of carbonyl (C=O) groups excluding carboxylic acids is 1. The molecule has 1 atom stereocenters. The fourth-order valence-electron chi connectivity index (χ4n) is 2.86. The van der Waals surface area contributed by atoms with E-state index in [2.05, 4.69) is 24.3 Å². The summed E-state index contributed by atoms with van der Waals surface area (Å²) in [5, 5.41) is 18.1. The zero-order valence-electron chi connectivity index (χ0n) is 15.0. The van der Waals surface area contributed by atoms with Gasteiger partial charge in [-0.2, -0.15) is 5.10 Å². The van der Waals surface area contributed by atoms with Crippen molar-refractivity contribution >= 4 is 24.0 Å². The molecule has 0 saturated heterocycles. The maximum absolute atomic E-state index is 12.2. The number of rotatable bonds is 8. The number of nitrogens with one attached hydrogen (secondary N) is 1. The summed E-state index contributed by atoms with van der Waals surface area (Å²) < 4.78 is 1.51. The van der Waals surface area contributed by atoms with E-state index in [9.17, 15) is 14.9 Å². The summed E-state index contributed by atoms with van der Waals surface area (Å²) >= 11 is 0. The zero-order valence-corrected chi connectivity index (χ0v) is 15.8. The molecule has 0 radical (unpaired) electrons. The number of aromatic nitrogens is 2. The van der Waals surface area contributed by atoms with E-state index in [0.717, 1.165) is 6.42 Å². The van der Waals surface area contributed by atoms with Crippen LogP contribution in [-0.2, 0) is 11.3 Å². The largest absolute Gasteiger partial charge is 0.350 e. The average molecular weight is 362 g/mol. The summed E-state index contributed by atoms with van der Waals surface area (Å²) in [5.74, 6) is 0.288. The standard InChI is InChI=1S/C15H27N5O3.ClH/c1-10(2)8-15(5,9-16)17-13(21)6-7-19-12(4)14(20(22)23)11(3)18-19;/h10H,6-9,16H2,1-5H3,(H,17,21);1H. The van der Waals surface area contributed by atoms with Crippen molar-refractivity contribution in [3.8, 4) is 0 Å². The SMILES string of the molecule is Cc1nn(CCC(=O)NC(C)(CN)CC(C)C)c(C)c1[N+](=O)[O-].Cl. The number of carbonyl (C=O) groups is 1. The van der Waals surface area contributed by atoms with E-state index in [-0.39, 0.29) is 30.4 Å². The van der Waals surface area contributed by atoms with E-state index >= 15 is 0 Å². The molecule has 9 heteroatoms. The molecule has 1 heterocycles. The second-order valence-electron chi connectivity index (χ2n) is 6.66. The van der Waals surface area contributed by atoms with Crippen LogP contribution in [0.5, 0.6) is 0 Å². The van der Waals surface area contributed by atoms with Crippen molar-refractivity contribution in [2.45, 2.75) is 59.5 Å². The first-order valence-corrected chi connectivity index (χ1v) is 7.79. The summed E-state index contributed by atoms with van der Waals surface area (Å²) in [4.78, 5) is 22.7.